The van der Waals surface area contributed by atoms with Crippen LogP contribution >= 0.6 is 0 Å². The van der Waals surface area contributed by atoms with E-state index < -0.39 is 5.82 Å². The van der Waals surface area contributed by atoms with Crippen LogP contribution in [0.15, 0.2) is 18.2 Å². The van der Waals surface area contributed by atoms with Crippen LogP contribution in [0, 0.1) is 17.1 Å². The molecule has 0 heterocycles. The van der Waals surface area contributed by atoms with E-state index in [-0.39, 0.29) is 11.7 Å². The Morgan fingerprint density at radius 3 is 2.80 bits per heavy atom. The Hall–Kier alpha value is -1.56. The molecule has 1 atom stereocenters. The number of halogens is 1. The highest BCUT2D eigenvalue weighted by Gasteiger charge is 2.05. The first-order valence-corrected chi connectivity index (χ1v) is 5.03. The highest BCUT2D eigenvalue weighted by atomic mass is 19.1. The molecule has 0 N–H and O–H groups in total. The molecule has 2 nitrogen and oxygen atoms in total. The molecule has 3 heteroatoms. The van der Waals surface area contributed by atoms with Gasteiger partial charge in [0.2, 0.25) is 0 Å². The summed E-state index contributed by atoms with van der Waals surface area (Å²) < 4.78 is 18.5. The van der Waals surface area contributed by atoms with E-state index in [0.717, 1.165) is 12.8 Å². The Balaban J connectivity index is 2.77. The maximum absolute atomic E-state index is 13.0. The summed E-state index contributed by atoms with van der Waals surface area (Å²) in [5, 5.41) is 8.65. The molecule has 1 rings (SSSR count). The fourth-order valence-electron chi connectivity index (χ4n) is 1.39. The second-order valence-corrected chi connectivity index (χ2v) is 3.50. The van der Waals surface area contributed by atoms with Gasteiger partial charge in [0.05, 0.1) is 17.7 Å². The van der Waals surface area contributed by atoms with Crippen molar-refractivity contribution in [2.75, 3.05) is 0 Å². The summed E-state index contributed by atoms with van der Waals surface area (Å²) in [6, 6.07) is 5.93. The largest absolute Gasteiger partial charge is 0.491 e. The van der Waals surface area contributed by atoms with Gasteiger partial charge in [-0.15, -0.1) is 0 Å². The quantitative estimate of drug-likeness (QED) is 0.759. The molecule has 0 bridgehead atoms. The maximum Gasteiger partial charge on any atom is 0.128 e. The summed E-state index contributed by atoms with van der Waals surface area (Å²) in [5.41, 5.74) is 0.286. The monoisotopic (exact) mass is 207 g/mol. The highest BCUT2D eigenvalue weighted by molar-refractivity contribution is 5.37. The standard InChI is InChI=1S/C12H14FNO/c1-3-4-9(2)15-12-6-10(8-14)5-11(13)7-12/h5-7,9H,3-4H2,1-2H3. The van der Waals surface area contributed by atoms with Crippen LogP contribution in [-0.2, 0) is 0 Å². The van der Waals surface area contributed by atoms with Crippen molar-refractivity contribution in [2.45, 2.75) is 32.8 Å². The van der Waals surface area contributed by atoms with Gasteiger partial charge in [-0.1, -0.05) is 13.3 Å². The van der Waals surface area contributed by atoms with Crippen LogP contribution in [0.1, 0.15) is 32.3 Å². The van der Waals surface area contributed by atoms with Crippen molar-refractivity contribution in [3.63, 3.8) is 0 Å². The van der Waals surface area contributed by atoms with Gasteiger partial charge in [0.25, 0.3) is 0 Å². The molecule has 1 unspecified atom stereocenters. The van der Waals surface area contributed by atoms with Crippen LogP contribution in [-0.4, -0.2) is 6.10 Å². The maximum atomic E-state index is 13.0. The lowest BCUT2D eigenvalue weighted by Crippen LogP contribution is -2.11. The molecule has 0 saturated carbocycles. The first-order valence-electron chi connectivity index (χ1n) is 5.03. The minimum Gasteiger partial charge on any atom is -0.491 e. The van der Waals surface area contributed by atoms with Crippen molar-refractivity contribution >= 4 is 0 Å². The molecule has 1 aromatic rings. The minimum absolute atomic E-state index is 0.0448. The molecule has 0 aromatic heterocycles. The summed E-state index contributed by atoms with van der Waals surface area (Å²) in [6.07, 6.45) is 1.98. The van der Waals surface area contributed by atoms with Gasteiger partial charge in [-0.25, -0.2) is 4.39 Å². The predicted molar refractivity (Wildman–Crippen MR) is 56.1 cm³/mol. The summed E-state index contributed by atoms with van der Waals surface area (Å²) in [4.78, 5) is 0. The summed E-state index contributed by atoms with van der Waals surface area (Å²) >= 11 is 0. The topological polar surface area (TPSA) is 33.0 Å². The third-order valence-corrected chi connectivity index (χ3v) is 2.03. The third kappa shape index (κ3) is 3.59. The van der Waals surface area contributed by atoms with Crippen molar-refractivity contribution < 1.29 is 9.13 Å². The smallest absolute Gasteiger partial charge is 0.128 e. The van der Waals surface area contributed by atoms with E-state index in [1.807, 2.05) is 13.0 Å². The van der Waals surface area contributed by atoms with Crippen molar-refractivity contribution in [1.82, 2.24) is 0 Å². The number of benzene rings is 1. The molecule has 0 amide bonds. The molecule has 0 spiro atoms. The molecular formula is C12H14FNO. The van der Waals surface area contributed by atoms with Crippen molar-refractivity contribution in [2.24, 2.45) is 0 Å². The average molecular weight is 207 g/mol. The molecular weight excluding hydrogens is 193 g/mol. The second-order valence-electron chi connectivity index (χ2n) is 3.50. The Morgan fingerprint density at radius 1 is 1.47 bits per heavy atom. The van der Waals surface area contributed by atoms with E-state index in [4.69, 9.17) is 10.00 Å². The van der Waals surface area contributed by atoms with E-state index in [9.17, 15) is 4.39 Å². The molecule has 0 fully saturated rings. The van der Waals surface area contributed by atoms with E-state index in [2.05, 4.69) is 6.92 Å². The Morgan fingerprint density at radius 2 is 2.20 bits per heavy atom. The van der Waals surface area contributed by atoms with Crippen LogP contribution in [0.4, 0.5) is 4.39 Å². The van der Waals surface area contributed by atoms with Crippen LogP contribution in [0.5, 0.6) is 5.75 Å². The number of ether oxygens (including phenoxy) is 1. The molecule has 0 aliphatic rings. The Kier molecular flexibility index (Phi) is 4.11. The molecule has 0 radical (unpaired) electrons. The van der Waals surface area contributed by atoms with E-state index in [0.29, 0.717) is 5.75 Å². The van der Waals surface area contributed by atoms with Crippen molar-refractivity contribution in [1.29, 1.82) is 5.26 Å². The SMILES string of the molecule is CCCC(C)Oc1cc(F)cc(C#N)c1. The summed E-state index contributed by atoms with van der Waals surface area (Å²) in [5.74, 6) is -0.0137. The number of hydrogen-bond acceptors (Lipinski definition) is 2. The van der Waals surface area contributed by atoms with E-state index in [1.54, 1.807) is 6.07 Å². The average Bonchev–Trinajstić information content (AvgIpc) is 2.17. The zero-order valence-corrected chi connectivity index (χ0v) is 8.96. The number of hydrogen-bond donors (Lipinski definition) is 0. The van der Waals surface area contributed by atoms with Crippen molar-refractivity contribution in [3.05, 3.63) is 29.6 Å². The van der Waals surface area contributed by atoms with Gasteiger partial charge in [-0.2, -0.15) is 5.26 Å². The van der Waals surface area contributed by atoms with Gasteiger partial charge < -0.3 is 4.74 Å². The molecule has 1 aromatic carbocycles. The minimum atomic E-state index is -0.437. The van der Waals surface area contributed by atoms with E-state index in [1.165, 1.54) is 12.1 Å². The molecule has 0 saturated heterocycles. The van der Waals surface area contributed by atoms with Gasteiger partial charge in [0, 0.05) is 6.07 Å². The van der Waals surface area contributed by atoms with Gasteiger partial charge in [-0.05, 0) is 25.5 Å². The number of nitrogens with zero attached hydrogens (tertiary/aromatic N) is 1. The lowest BCUT2D eigenvalue weighted by atomic mass is 10.2. The summed E-state index contributed by atoms with van der Waals surface area (Å²) in [7, 11) is 0. The van der Waals surface area contributed by atoms with Crippen LogP contribution in [0.25, 0.3) is 0 Å². The summed E-state index contributed by atoms with van der Waals surface area (Å²) in [6.45, 7) is 3.99. The highest BCUT2D eigenvalue weighted by Crippen LogP contribution is 2.18. The molecule has 0 aliphatic carbocycles. The van der Waals surface area contributed by atoms with Gasteiger partial charge >= 0.3 is 0 Å². The Bertz CT molecular complexity index is 370. The van der Waals surface area contributed by atoms with Gasteiger partial charge in [0.1, 0.15) is 11.6 Å². The molecule has 15 heavy (non-hydrogen) atoms. The third-order valence-electron chi connectivity index (χ3n) is 2.03. The lowest BCUT2D eigenvalue weighted by Gasteiger charge is -2.13. The lowest BCUT2D eigenvalue weighted by molar-refractivity contribution is 0.209. The van der Waals surface area contributed by atoms with Crippen LogP contribution in [0.3, 0.4) is 0 Å². The molecule has 0 aliphatic heterocycles. The normalized spacial score (nSPS) is 11.9. The van der Waals surface area contributed by atoms with Gasteiger partial charge in [-0.3, -0.25) is 0 Å². The zero-order valence-electron chi connectivity index (χ0n) is 8.96. The fraction of sp³-hybridized carbons (Fsp3) is 0.417. The predicted octanol–water partition coefficient (Wildman–Crippen LogP) is 3.26. The van der Waals surface area contributed by atoms with Crippen molar-refractivity contribution in [3.8, 4) is 11.8 Å². The first-order chi connectivity index (χ1) is 7.15. The first kappa shape index (κ1) is 11.5. The zero-order chi connectivity index (χ0) is 11.3. The molecule has 80 valence electrons. The fourth-order valence-corrected chi connectivity index (χ4v) is 1.39. The number of rotatable bonds is 4. The number of nitriles is 1. The van der Waals surface area contributed by atoms with E-state index >= 15 is 0 Å². The Labute approximate surface area is 89.3 Å². The second kappa shape index (κ2) is 5.35. The van der Waals surface area contributed by atoms with Gasteiger partial charge in [0.15, 0.2) is 0 Å². The van der Waals surface area contributed by atoms with Crippen LogP contribution in [0.2, 0.25) is 0 Å². The van der Waals surface area contributed by atoms with Crippen LogP contribution < -0.4 is 4.74 Å².